The van der Waals surface area contributed by atoms with Gasteiger partial charge in [-0.25, -0.2) is 4.98 Å². The molecule has 32 heavy (non-hydrogen) atoms. The number of aryl methyl sites for hydroxylation is 1. The van der Waals surface area contributed by atoms with E-state index in [1.54, 1.807) is 7.11 Å². The first kappa shape index (κ1) is 22.7. The van der Waals surface area contributed by atoms with E-state index in [4.69, 9.17) is 14.1 Å². The molecule has 0 radical (unpaired) electrons. The zero-order valence-electron chi connectivity index (χ0n) is 19.6. The number of hydrogen-bond donors (Lipinski definition) is 0. The third-order valence-corrected chi connectivity index (χ3v) is 6.44. The molecule has 1 aliphatic heterocycles. The summed E-state index contributed by atoms with van der Waals surface area (Å²) in [5.74, 6) is 2.36. The number of nitrogens with zero attached hydrogens (tertiary/aromatic N) is 3. The molecule has 0 atom stereocenters. The molecule has 0 bridgehead atoms. The van der Waals surface area contributed by atoms with Crippen molar-refractivity contribution in [3.63, 3.8) is 0 Å². The molecule has 1 aromatic heterocycles. The van der Waals surface area contributed by atoms with Crippen LogP contribution in [-0.2, 0) is 11.3 Å². The van der Waals surface area contributed by atoms with Crippen LogP contribution in [0.3, 0.4) is 0 Å². The first-order valence-corrected chi connectivity index (χ1v) is 11.6. The molecular weight excluding hydrogens is 398 g/mol. The van der Waals surface area contributed by atoms with Gasteiger partial charge in [0.25, 0.3) is 0 Å². The summed E-state index contributed by atoms with van der Waals surface area (Å²) in [5.41, 5.74) is 4.47. The molecule has 170 valence electrons. The minimum atomic E-state index is 0.706. The zero-order chi connectivity index (χ0) is 22.3. The van der Waals surface area contributed by atoms with Crippen molar-refractivity contribution in [2.45, 2.75) is 26.3 Å². The Morgan fingerprint density at radius 1 is 1.00 bits per heavy atom. The van der Waals surface area contributed by atoms with Crippen molar-refractivity contribution in [2.24, 2.45) is 5.92 Å². The Bertz CT molecular complexity index is 960. The van der Waals surface area contributed by atoms with Crippen LogP contribution in [-0.4, -0.2) is 61.7 Å². The highest BCUT2D eigenvalue weighted by Crippen LogP contribution is 2.26. The number of piperidine rings is 1. The normalized spacial score (nSPS) is 15.5. The molecule has 2 aromatic carbocycles. The molecule has 0 spiro atoms. The number of hydrogen-bond acceptors (Lipinski definition) is 5. The molecule has 1 fully saturated rings. The lowest BCUT2D eigenvalue weighted by Crippen LogP contribution is -2.39. The molecule has 1 saturated heterocycles. The molecule has 2 heterocycles. The van der Waals surface area contributed by atoms with Gasteiger partial charge in [-0.2, -0.15) is 0 Å². The average Bonchev–Trinajstić information content (AvgIpc) is 3.19. The molecule has 1 aliphatic rings. The van der Waals surface area contributed by atoms with Crippen molar-refractivity contribution >= 4 is 0 Å². The summed E-state index contributed by atoms with van der Waals surface area (Å²) < 4.78 is 11.2. The van der Waals surface area contributed by atoms with E-state index in [2.05, 4.69) is 65.4 Å². The van der Waals surface area contributed by atoms with Crippen molar-refractivity contribution in [1.29, 1.82) is 0 Å². The van der Waals surface area contributed by atoms with Crippen molar-refractivity contribution in [3.8, 4) is 22.6 Å². The predicted molar refractivity (Wildman–Crippen MR) is 129 cm³/mol. The molecule has 0 N–H and O–H groups in total. The summed E-state index contributed by atoms with van der Waals surface area (Å²) in [5, 5.41) is 0. The second kappa shape index (κ2) is 10.9. The van der Waals surface area contributed by atoms with Gasteiger partial charge in [0, 0.05) is 32.3 Å². The Balaban J connectivity index is 1.32. The Hall–Kier alpha value is -2.47. The Morgan fingerprint density at radius 3 is 2.34 bits per heavy atom. The van der Waals surface area contributed by atoms with Gasteiger partial charge < -0.3 is 19.0 Å². The van der Waals surface area contributed by atoms with Gasteiger partial charge in [-0.1, -0.05) is 42.5 Å². The van der Waals surface area contributed by atoms with Crippen LogP contribution in [0.25, 0.3) is 22.6 Å². The number of likely N-dealkylation sites (tertiary alicyclic amines) is 1. The van der Waals surface area contributed by atoms with Crippen LogP contribution in [0.2, 0.25) is 0 Å². The molecule has 0 saturated carbocycles. The van der Waals surface area contributed by atoms with E-state index in [1.807, 2.05) is 13.0 Å². The first-order chi connectivity index (χ1) is 15.6. The average molecular weight is 434 g/mol. The van der Waals surface area contributed by atoms with Crippen LogP contribution in [0.15, 0.2) is 59.0 Å². The van der Waals surface area contributed by atoms with E-state index in [9.17, 15) is 0 Å². The highest BCUT2D eigenvalue weighted by Gasteiger charge is 2.21. The minimum Gasteiger partial charge on any atom is -0.441 e. The van der Waals surface area contributed by atoms with Crippen molar-refractivity contribution in [3.05, 3.63) is 66.1 Å². The van der Waals surface area contributed by atoms with Gasteiger partial charge in [0.15, 0.2) is 0 Å². The van der Waals surface area contributed by atoms with Gasteiger partial charge in [0.1, 0.15) is 5.76 Å². The van der Waals surface area contributed by atoms with Gasteiger partial charge in [-0.3, -0.25) is 0 Å². The molecule has 3 aromatic rings. The molecule has 0 amide bonds. The lowest BCUT2D eigenvalue weighted by atomic mass is 9.96. The largest absolute Gasteiger partial charge is 0.441 e. The van der Waals surface area contributed by atoms with Crippen LogP contribution < -0.4 is 0 Å². The van der Waals surface area contributed by atoms with Gasteiger partial charge >= 0.3 is 0 Å². The van der Waals surface area contributed by atoms with E-state index < -0.39 is 0 Å². The van der Waals surface area contributed by atoms with E-state index in [0.29, 0.717) is 5.89 Å². The fourth-order valence-corrected chi connectivity index (χ4v) is 4.51. The lowest BCUT2D eigenvalue weighted by Gasteiger charge is -2.33. The maximum atomic E-state index is 6.03. The highest BCUT2D eigenvalue weighted by molar-refractivity contribution is 5.67. The highest BCUT2D eigenvalue weighted by atomic mass is 16.5. The maximum Gasteiger partial charge on any atom is 0.226 e. The Kier molecular flexibility index (Phi) is 7.74. The van der Waals surface area contributed by atoms with Gasteiger partial charge in [0.2, 0.25) is 5.89 Å². The van der Waals surface area contributed by atoms with Crippen LogP contribution in [0.5, 0.6) is 0 Å². The summed E-state index contributed by atoms with van der Waals surface area (Å²) in [7, 11) is 3.97. The minimum absolute atomic E-state index is 0.706. The molecule has 5 nitrogen and oxygen atoms in total. The quantitative estimate of drug-likeness (QED) is 0.469. The molecular formula is C27H35N3O2. The lowest BCUT2D eigenvalue weighted by molar-refractivity contribution is 0.109. The number of benzene rings is 2. The number of ether oxygens (including phenoxy) is 1. The van der Waals surface area contributed by atoms with Crippen LogP contribution >= 0.6 is 0 Å². The summed E-state index contributed by atoms with van der Waals surface area (Å²) in [4.78, 5) is 9.73. The molecule has 4 rings (SSSR count). The number of rotatable bonds is 9. The van der Waals surface area contributed by atoms with Crippen molar-refractivity contribution < 1.29 is 9.15 Å². The van der Waals surface area contributed by atoms with Gasteiger partial charge in [-0.15, -0.1) is 0 Å². The molecule has 5 heteroatoms. The van der Waals surface area contributed by atoms with E-state index >= 15 is 0 Å². The van der Waals surface area contributed by atoms with Gasteiger partial charge in [0.05, 0.1) is 12.3 Å². The van der Waals surface area contributed by atoms with Crippen LogP contribution in [0.1, 0.15) is 24.3 Å². The molecule has 0 unspecified atom stereocenters. The Morgan fingerprint density at radius 2 is 1.66 bits per heavy atom. The van der Waals surface area contributed by atoms with Crippen LogP contribution in [0.4, 0.5) is 0 Å². The van der Waals surface area contributed by atoms with Crippen molar-refractivity contribution in [1.82, 2.24) is 14.8 Å². The predicted octanol–water partition coefficient (Wildman–Crippen LogP) is 5.11. The summed E-state index contributed by atoms with van der Waals surface area (Å²) in [6.07, 6.45) is 2.51. The van der Waals surface area contributed by atoms with E-state index in [0.717, 1.165) is 49.2 Å². The van der Waals surface area contributed by atoms with E-state index in [1.165, 1.54) is 37.1 Å². The fourth-order valence-electron chi connectivity index (χ4n) is 4.51. The summed E-state index contributed by atoms with van der Waals surface area (Å²) >= 11 is 0. The monoisotopic (exact) mass is 433 g/mol. The zero-order valence-corrected chi connectivity index (χ0v) is 19.6. The smallest absolute Gasteiger partial charge is 0.226 e. The standard InChI is InChI=1S/C27H35N3O2/c1-21-26(20-29(2)19-22-13-15-30(16-14-22)17-18-31-3)28-27(32-21)25-11-9-24(10-12-25)23-7-5-4-6-8-23/h4-12,22H,13-20H2,1-3H3. The Labute approximate surface area is 192 Å². The van der Waals surface area contributed by atoms with Crippen molar-refractivity contribution in [2.75, 3.05) is 46.9 Å². The maximum absolute atomic E-state index is 6.03. The SMILES string of the molecule is COCCN1CCC(CN(C)Cc2nc(-c3ccc(-c4ccccc4)cc3)oc2C)CC1. The first-order valence-electron chi connectivity index (χ1n) is 11.6. The summed E-state index contributed by atoms with van der Waals surface area (Å²) in [6, 6.07) is 18.9. The number of aromatic nitrogens is 1. The van der Waals surface area contributed by atoms with Gasteiger partial charge in [-0.05, 0) is 69.1 Å². The molecule has 0 aliphatic carbocycles. The third kappa shape index (κ3) is 5.85. The summed E-state index contributed by atoms with van der Waals surface area (Å²) in [6.45, 7) is 8.17. The second-order valence-corrected chi connectivity index (χ2v) is 8.94. The third-order valence-electron chi connectivity index (χ3n) is 6.44. The van der Waals surface area contributed by atoms with Crippen LogP contribution in [0, 0.1) is 12.8 Å². The topological polar surface area (TPSA) is 41.7 Å². The fraction of sp³-hybridized carbons (Fsp3) is 0.444. The van der Waals surface area contributed by atoms with E-state index in [-0.39, 0.29) is 0 Å². The second-order valence-electron chi connectivity index (χ2n) is 8.94. The number of methoxy groups -OCH3 is 1. The number of oxazole rings is 1.